The van der Waals surface area contributed by atoms with Crippen molar-refractivity contribution < 1.29 is 0 Å². The van der Waals surface area contributed by atoms with Crippen molar-refractivity contribution in [2.24, 2.45) is 5.92 Å². The second kappa shape index (κ2) is 6.82. The fraction of sp³-hybridized carbons (Fsp3) is 0.647. The summed E-state index contributed by atoms with van der Waals surface area (Å²) in [6, 6.07) is 9.06. The number of hydrogen-bond donors (Lipinski definition) is 0. The molecule has 1 saturated heterocycles. The minimum absolute atomic E-state index is 0.879. The van der Waals surface area contributed by atoms with Gasteiger partial charge in [-0.15, -0.1) is 0 Å². The van der Waals surface area contributed by atoms with Gasteiger partial charge in [0.25, 0.3) is 0 Å². The van der Waals surface area contributed by atoms with Gasteiger partial charge in [-0.25, -0.2) is 0 Å². The van der Waals surface area contributed by atoms with E-state index in [1.54, 1.807) is 0 Å². The fourth-order valence-corrected chi connectivity index (χ4v) is 2.91. The fourth-order valence-electron chi connectivity index (χ4n) is 2.91. The molecule has 0 bridgehead atoms. The predicted molar refractivity (Wildman–Crippen MR) is 80.3 cm³/mol. The van der Waals surface area contributed by atoms with Gasteiger partial charge in [-0.3, -0.25) is 0 Å². The van der Waals surface area contributed by atoms with Gasteiger partial charge in [-0.2, -0.15) is 0 Å². The smallest absolute Gasteiger partial charge is 0.0366 e. The molecule has 0 saturated carbocycles. The molecule has 1 unspecified atom stereocenters. The Balaban J connectivity index is 2.08. The van der Waals surface area contributed by atoms with E-state index < -0.39 is 0 Å². The van der Waals surface area contributed by atoms with Gasteiger partial charge >= 0.3 is 0 Å². The van der Waals surface area contributed by atoms with E-state index in [2.05, 4.69) is 43.0 Å². The lowest BCUT2D eigenvalue weighted by Gasteiger charge is -2.28. The Hall–Kier alpha value is -0.980. The van der Waals surface area contributed by atoms with Gasteiger partial charge in [-0.1, -0.05) is 50.3 Å². The number of rotatable bonds is 2. The van der Waals surface area contributed by atoms with Crippen molar-refractivity contribution in [2.75, 3.05) is 18.0 Å². The van der Waals surface area contributed by atoms with E-state index in [-0.39, 0.29) is 0 Å². The molecule has 1 aliphatic heterocycles. The highest BCUT2D eigenvalue weighted by atomic mass is 15.1. The second-order valence-corrected chi connectivity index (χ2v) is 5.76. The number of aryl methyl sites for hydroxylation is 1. The minimum Gasteiger partial charge on any atom is -0.371 e. The predicted octanol–water partition coefficient (Wildman–Crippen LogP) is 4.79. The van der Waals surface area contributed by atoms with Crippen molar-refractivity contribution in [3.63, 3.8) is 0 Å². The molecule has 1 fully saturated rings. The molecule has 1 aromatic rings. The summed E-state index contributed by atoms with van der Waals surface area (Å²) < 4.78 is 0. The summed E-state index contributed by atoms with van der Waals surface area (Å²) in [7, 11) is 0. The average molecular weight is 245 g/mol. The number of hydrogen-bond acceptors (Lipinski definition) is 1. The highest BCUT2D eigenvalue weighted by molar-refractivity contribution is 5.47. The molecule has 0 N–H and O–H groups in total. The topological polar surface area (TPSA) is 3.24 Å². The van der Waals surface area contributed by atoms with E-state index in [1.165, 1.54) is 62.9 Å². The first-order valence-corrected chi connectivity index (χ1v) is 7.61. The SMILES string of the molecule is CCC1CCCCCCN(c2ccc(C)cc2)C1. The van der Waals surface area contributed by atoms with Gasteiger partial charge in [0.1, 0.15) is 0 Å². The molecule has 100 valence electrons. The summed E-state index contributed by atoms with van der Waals surface area (Å²) in [4.78, 5) is 2.61. The Morgan fingerprint density at radius 1 is 1.06 bits per heavy atom. The first-order valence-electron chi connectivity index (χ1n) is 7.61. The minimum atomic E-state index is 0.879. The molecule has 2 rings (SSSR count). The first kappa shape index (κ1) is 13.5. The van der Waals surface area contributed by atoms with Crippen LogP contribution in [0.4, 0.5) is 5.69 Å². The van der Waals surface area contributed by atoms with Crippen molar-refractivity contribution in [1.29, 1.82) is 0 Å². The van der Waals surface area contributed by atoms with E-state index in [1.807, 2.05) is 0 Å². The van der Waals surface area contributed by atoms with Crippen molar-refractivity contribution in [1.82, 2.24) is 0 Å². The highest BCUT2D eigenvalue weighted by Gasteiger charge is 2.15. The zero-order valence-electron chi connectivity index (χ0n) is 12.0. The molecule has 1 heteroatoms. The molecule has 1 nitrogen and oxygen atoms in total. The van der Waals surface area contributed by atoms with Crippen LogP contribution in [-0.2, 0) is 0 Å². The van der Waals surface area contributed by atoms with E-state index >= 15 is 0 Å². The van der Waals surface area contributed by atoms with Crippen LogP contribution < -0.4 is 4.90 Å². The van der Waals surface area contributed by atoms with Crippen LogP contribution in [-0.4, -0.2) is 13.1 Å². The maximum absolute atomic E-state index is 2.61. The molecule has 0 amide bonds. The number of anilines is 1. The number of nitrogens with zero attached hydrogens (tertiary/aromatic N) is 1. The Bertz CT molecular complexity index is 341. The molecule has 1 aliphatic rings. The normalized spacial score (nSPS) is 22.1. The van der Waals surface area contributed by atoms with Crippen LogP contribution in [0.2, 0.25) is 0 Å². The van der Waals surface area contributed by atoms with Gasteiger partial charge < -0.3 is 4.90 Å². The van der Waals surface area contributed by atoms with Crippen LogP contribution in [0.15, 0.2) is 24.3 Å². The molecule has 0 aromatic heterocycles. The molecular weight excluding hydrogens is 218 g/mol. The van der Waals surface area contributed by atoms with Crippen molar-refractivity contribution in [3.8, 4) is 0 Å². The summed E-state index contributed by atoms with van der Waals surface area (Å²) in [5.41, 5.74) is 2.77. The summed E-state index contributed by atoms with van der Waals surface area (Å²) in [6.45, 7) is 6.99. The van der Waals surface area contributed by atoms with Gasteiger partial charge in [0.05, 0.1) is 0 Å². The first-order chi connectivity index (χ1) is 8.79. The summed E-state index contributed by atoms with van der Waals surface area (Å²) in [5, 5.41) is 0. The van der Waals surface area contributed by atoms with Gasteiger partial charge in [0.2, 0.25) is 0 Å². The van der Waals surface area contributed by atoms with Crippen LogP contribution in [0.25, 0.3) is 0 Å². The third-order valence-electron chi connectivity index (χ3n) is 4.25. The summed E-state index contributed by atoms with van der Waals surface area (Å²) in [6.07, 6.45) is 8.35. The molecule has 1 heterocycles. The summed E-state index contributed by atoms with van der Waals surface area (Å²) >= 11 is 0. The van der Waals surface area contributed by atoms with Crippen molar-refractivity contribution in [3.05, 3.63) is 29.8 Å². The highest BCUT2D eigenvalue weighted by Crippen LogP contribution is 2.23. The van der Waals surface area contributed by atoms with E-state index in [0.717, 1.165) is 5.92 Å². The van der Waals surface area contributed by atoms with Gasteiger partial charge in [-0.05, 0) is 37.8 Å². The average Bonchev–Trinajstić information content (AvgIpc) is 2.51. The van der Waals surface area contributed by atoms with Crippen LogP contribution in [0.1, 0.15) is 51.0 Å². The zero-order valence-corrected chi connectivity index (χ0v) is 12.0. The van der Waals surface area contributed by atoms with Crippen LogP contribution >= 0.6 is 0 Å². The molecule has 1 aromatic carbocycles. The van der Waals surface area contributed by atoms with Crippen LogP contribution in [0, 0.1) is 12.8 Å². The Kier molecular flexibility index (Phi) is 5.10. The maximum atomic E-state index is 2.61. The van der Waals surface area contributed by atoms with E-state index in [9.17, 15) is 0 Å². The molecule has 0 radical (unpaired) electrons. The third kappa shape index (κ3) is 3.76. The summed E-state index contributed by atoms with van der Waals surface area (Å²) in [5.74, 6) is 0.879. The maximum Gasteiger partial charge on any atom is 0.0366 e. The van der Waals surface area contributed by atoms with Crippen LogP contribution in [0.5, 0.6) is 0 Å². The standard InChI is InChI=1S/C17H27N/c1-3-16-8-6-4-5-7-13-18(14-16)17-11-9-15(2)10-12-17/h9-12,16H,3-8,13-14H2,1-2H3. The van der Waals surface area contributed by atoms with E-state index in [4.69, 9.17) is 0 Å². The number of benzene rings is 1. The lowest BCUT2D eigenvalue weighted by atomic mass is 9.98. The molecule has 18 heavy (non-hydrogen) atoms. The lowest BCUT2D eigenvalue weighted by Crippen LogP contribution is -2.29. The monoisotopic (exact) mass is 245 g/mol. The molecule has 1 atom stereocenters. The second-order valence-electron chi connectivity index (χ2n) is 5.76. The molecular formula is C17H27N. The third-order valence-corrected chi connectivity index (χ3v) is 4.25. The van der Waals surface area contributed by atoms with E-state index in [0.29, 0.717) is 0 Å². The molecule has 0 aliphatic carbocycles. The van der Waals surface area contributed by atoms with Gasteiger partial charge in [0, 0.05) is 18.8 Å². The Morgan fingerprint density at radius 3 is 2.50 bits per heavy atom. The Morgan fingerprint density at radius 2 is 1.78 bits per heavy atom. The largest absolute Gasteiger partial charge is 0.371 e. The lowest BCUT2D eigenvalue weighted by molar-refractivity contribution is 0.454. The van der Waals surface area contributed by atoms with Crippen LogP contribution in [0.3, 0.4) is 0 Å². The Labute approximate surface area is 112 Å². The molecule has 0 spiro atoms. The zero-order chi connectivity index (χ0) is 12.8. The van der Waals surface area contributed by atoms with Crippen molar-refractivity contribution in [2.45, 2.75) is 52.4 Å². The quantitative estimate of drug-likeness (QED) is 0.724. The van der Waals surface area contributed by atoms with Gasteiger partial charge in [0.15, 0.2) is 0 Å². The van der Waals surface area contributed by atoms with Crippen molar-refractivity contribution >= 4 is 5.69 Å².